The van der Waals surface area contributed by atoms with Gasteiger partial charge in [0.15, 0.2) is 0 Å². The maximum atomic E-state index is 13.4. The van der Waals surface area contributed by atoms with Crippen LogP contribution in [0.2, 0.25) is 0 Å². The number of hydrogen-bond donors (Lipinski definition) is 1. The third-order valence-electron chi connectivity index (χ3n) is 3.15. The van der Waals surface area contributed by atoms with Crippen LogP contribution in [0.1, 0.15) is 23.5 Å². The number of aryl methyl sites for hydroxylation is 1. The van der Waals surface area contributed by atoms with Crippen molar-refractivity contribution >= 4 is 11.7 Å². The average Bonchev–Trinajstić information content (AvgIpc) is 2.21. The number of fused-ring (bicyclic) bond motifs is 1. The molecule has 4 heteroatoms. The van der Waals surface area contributed by atoms with Gasteiger partial charge >= 0.3 is 5.97 Å². The molecule has 0 saturated carbocycles. The van der Waals surface area contributed by atoms with Crippen LogP contribution in [0.25, 0.3) is 0 Å². The van der Waals surface area contributed by atoms with Crippen molar-refractivity contribution in [3.8, 4) is 0 Å². The Hall–Kier alpha value is -1.58. The van der Waals surface area contributed by atoms with Gasteiger partial charge in [-0.3, -0.25) is 4.79 Å². The van der Waals surface area contributed by atoms with Crippen LogP contribution in [-0.2, 0) is 4.79 Å². The van der Waals surface area contributed by atoms with E-state index in [1.165, 1.54) is 6.07 Å². The molecular weight excluding hydrogens is 209 g/mol. The van der Waals surface area contributed by atoms with E-state index in [1.54, 1.807) is 13.0 Å². The molecule has 3 nitrogen and oxygen atoms in total. The zero-order chi connectivity index (χ0) is 11.9. The van der Waals surface area contributed by atoms with Gasteiger partial charge in [0.25, 0.3) is 0 Å². The number of carboxylic acids is 1. The van der Waals surface area contributed by atoms with E-state index in [4.69, 9.17) is 5.11 Å². The Kier molecular flexibility index (Phi) is 2.58. The molecule has 0 aliphatic carbocycles. The van der Waals surface area contributed by atoms with Gasteiger partial charge in [0, 0.05) is 19.3 Å². The molecule has 0 bridgehead atoms. The Balaban J connectivity index is 2.57. The summed E-state index contributed by atoms with van der Waals surface area (Å²) in [5.41, 5.74) is 1.92. The number of benzene rings is 1. The van der Waals surface area contributed by atoms with Gasteiger partial charge in [-0.05, 0) is 30.5 Å². The quantitative estimate of drug-likeness (QED) is 0.793. The molecule has 1 heterocycles. The smallest absolute Gasteiger partial charge is 0.311 e. The summed E-state index contributed by atoms with van der Waals surface area (Å²) in [7, 11) is 1.85. The molecule has 0 radical (unpaired) electrons. The van der Waals surface area contributed by atoms with Crippen molar-refractivity contribution < 1.29 is 14.3 Å². The number of carbonyl (C=O) groups is 1. The lowest BCUT2D eigenvalue weighted by molar-refractivity contribution is -0.139. The van der Waals surface area contributed by atoms with Crippen molar-refractivity contribution in [3.05, 3.63) is 29.1 Å². The second kappa shape index (κ2) is 3.77. The zero-order valence-electron chi connectivity index (χ0n) is 9.33. The Bertz CT molecular complexity index is 445. The van der Waals surface area contributed by atoms with E-state index < -0.39 is 11.9 Å². The predicted molar refractivity (Wildman–Crippen MR) is 59.4 cm³/mol. The topological polar surface area (TPSA) is 40.5 Å². The first-order valence-electron chi connectivity index (χ1n) is 5.24. The largest absolute Gasteiger partial charge is 0.481 e. The SMILES string of the molecule is Cc1cc2c(cc1F)N(C)CCC2C(=O)O. The highest BCUT2D eigenvalue weighted by Crippen LogP contribution is 2.36. The molecule has 0 spiro atoms. The summed E-state index contributed by atoms with van der Waals surface area (Å²) in [4.78, 5) is 13.0. The molecule has 1 aromatic rings. The normalized spacial score (nSPS) is 19.4. The summed E-state index contributed by atoms with van der Waals surface area (Å²) in [6.45, 7) is 2.30. The second-order valence-electron chi connectivity index (χ2n) is 4.26. The van der Waals surface area contributed by atoms with E-state index in [1.807, 2.05) is 11.9 Å². The van der Waals surface area contributed by atoms with Crippen LogP contribution in [0.3, 0.4) is 0 Å². The average molecular weight is 223 g/mol. The van der Waals surface area contributed by atoms with Gasteiger partial charge in [0.05, 0.1) is 5.92 Å². The molecule has 1 atom stereocenters. The van der Waals surface area contributed by atoms with Crippen LogP contribution in [0, 0.1) is 12.7 Å². The number of aliphatic carboxylic acids is 1. The first kappa shape index (κ1) is 10.9. The van der Waals surface area contributed by atoms with E-state index in [2.05, 4.69) is 0 Å². The predicted octanol–water partition coefficient (Wildman–Crippen LogP) is 2.14. The molecule has 0 amide bonds. The third-order valence-corrected chi connectivity index (χ3v) is 3.15. The van der Waals surface area contributed by atoms with Crippen molar-refractivity contribution in [2.45, 2.75) is 19.3 Å². The minimum absolute atomic E-state index is 0.281. The lowest BCUT2D eigenvalue weighted by Gasteiger charge is -2.31. The van der Waals surface area contributed by atoms with Crippen molar-refractivity contribution in [2.24, 2.45) is 0 Å². The van der Waals surface area contributed by atoms with Gasteiger partial charge in [-0.25, -0.2) is 4.39 Å². The van der Waals surface area contributed by atoms with Crippen molar-refractivity contribution in [2.75, 3.05) is 18.5 Å². The Morgan fingerprint density at radius 3 is 2.88 bits per heavy atom. The number of halogens is 1. The fourth-order valence-corrected chi connectivity index (χ4v) is 2.16. The highest BCUT2D eigenvalue weighted by Gasteiger charge is 2.29. The fraction of sp³-hybridized carbons (Fsp3) is 0.417. The molecule has 0 fully saturated rings. The maximum absolute atomic E-state index is 13.4. The van der Waals surface area contributed by atoms with Gasteiger partial charge in [-0.15, -0.1) is 0 Å². The Morgan fingerprint density at radius 2 is 2.25 bits per heavy atom. The maximum Gasteiger partial charge on any atom is 0.311 e. The third kappa shape index (κ3) is 1.64. The monoisotopic (exact) mass is 223 g/mol. The molecule has 0 aromatic heterocycles. The minimum Gasteiger partial charge on any atom is -0.481 e. The fourth-order valence-electron chi connectivity index (χ4n) is 2.16. The molecule has 16 heavy (non-hydrogen) atoms. The zero-order valence-corrected chi connectivity index (χ0v) is 9.33. The molecule has 1 aliphatic heterocycles. The first-order chi connectivity index (χ1) is 7.50. The van der Waals surface area contributed by atoms with Gasteiger partial charge in [0.2, 0.25) is 0 Å². The Labute approximate surface area is 93.5 Å². The summed E-state index contributed by atoms with van der Waals surface area (Å²) in [5.74, 6) is -1.62. The highest BCUT2D eigenvalue weighted by molar-refractivity contribution is 5.80. The molecule has 1 N–H and O–H groups in total. The summed E-state index contributed by atoms with van der Waals surface area (Å²) < 4.78 is 13.4. The van der Waals surface area contributed by atoms with E-state index in [0.29, 0.717) is 24.2 Å². The van der Waals surface area contributed by atoms with Crippen LogP contribution in [0.15, 0.2) is 12.1 Å². The first-order valence-corrected chi connectivity index (χ1v) is 5.24. The number of rotatable bonds is 1. The number of hydrogen-bond acceptors (Lipinski definition) is 2. The van der Waals surface area contributed by atoms with E-state index in [9.17, 15) is 9.18 Å². The van der Waals surface area contributed by atoms with Gasteiger partial charge < -0.3 is 10.0 Å². The second-order valence-corrected chi connectivity index (χ2v) is 4.26. The van der Waals surface area contributed by atoms with Gasteiger partial charge in [-0.2, -0.15) is 0 Å². The van der Waals surface area contributed by atoms with Crippen LogP contribution in [0.5, 0.6) is 0 Å². The van der Waals surface area contributed by atoms with E-state index in [-0.39, 0.29) is 5.82 Å². The molecule has 1 aromatic carbocycles. The number of carboxylic acid groups (broad SMARTS) is 1. The van der Waals surface area contributed by atoms with E-state index >= 15 is 0 Å². The van der Waals surface area contributed by atoms with Crippen LogP contribution in [0.4, 0.5) is 10.1 Å². The Morgan fingerprint density at radius 1 is 1.56 bits per heavy atom. The number of nitrogens with zero attached hydrogens (tertiary/aromatic N) is 1. The van der Waals surface area contributed by atoms with Crippen LogP contribution < -0.4 is 4.90 Å². The summed E-state index contributed by atoms with van der Waals surface area (Å²) in [6.07, 6.45) is 0.573. The highest BCUT2D eigenvalue weighted by atomic mass is 19.1. The molecule has 2 rings (SSSR count). The summed E-state index contributed by atoms with van der Waals surface area (Å²) in [5, 5.41) is 9.12. The van der Waals surface area contributed by atoms with Gasteiger partial charge in [-0.1, -0.05) is 6.07 Å². The van der Waals surface area contributed by atoms with Crippen LogP contribution >= 0.6 is 0 Å². The molecule has 1 unspecified atom stereocenters. The van der Waals surface area contributed by atoms with E-state index in [0.717, 1.165) is 5.56 Å². The van der Waals surface area contributed by atoms with Crippen molar-refractivity contribution in [3.63, 3.8) is 0 Å². The lowest BCUT2D eigenvalue weighted by atomic mass is 9.89. The lowest BCUT2D eigenvalue weighted by Crippen LogP contribution is -2.30. The number of anilines is 1. The standard InChI is InChI=1S/C12H14FNO2/c1-7-5-9-8(12(15)16)3-4-14(2)11(9)6-10(7)13/h5-6,8H,3-4H2,1-2H3,(H,15,16). The van der Waals surface area contributed by atoms with Crippen molar-refractivity contribution in [1.82, 2.24) is 0 Å². The molecular formula is C12H14FNO2. The summed E-state index contributed by atoms with van der Waals surface area (Å²) in [6, 6.07) is 3.08. The molecule has 1 aliphatic rings. The molecule has 86 valence electrons. The minimum atomic E-state index is -0.833. The van der Waals surface area contributed by atoms with Gasteiger partial charge in [0.1, 0.15) is 5.82 Å². The van der Waals surface area contributed by atoms with Crippen molar-refractivity contribution in [1.29, 1.82) is 0 Å². The van der Waals surface area contributed by atoms with Crippen LogP contribution in [-0.4, -0.2) is 24.7 Å². The molecule has 0 saturated heterocycles. The summed E-state index contributed by atoms with van der Waals surface area (Å²) >= 11 is 0.